The van der Waals surface area contributed by atoms with Crippen molar-refractivity contribution in [3.05, 3.63) is 0 Å². The Kier molecular flexibility index (Phi) is 3.13. The third-order valence-corrected chi connectivity index (χ3v) is 3.87. The van der Waals surface area contributed by atoms with Crippen LogP contribution in [0.2, 0.25) is 0 Å². The maximum atomic E-state index is 6.09. The van der Waals surface area contributed by atoms with E-state index in [1.165, 1.54) is 51.5 Å². The number of hydrogen-bond acceptors (Lipinski definition) is 2. The van der Waals surface area contributed by atoms with Crippen molar-refractivity contribution in [2.24, 2.45) is 11.7 Å². The molecule has 0 aromatic carbocycles. The van der Waals surface area contributed by atoms with Gasteiger partial charge in [0.1, 0.15) is 0 Å². The van der Waals surface area contributed by atoms with Gasteiger partial charge in [0.2, 0.25) is 0 Å². The number of likely N-dealkylation sites (N-methyl/N-ethyl adjacent to an activating group) is 1. The Morgan fingerprint density at radius 2 is 1.93 bits per heavy atom. The molecule has 2 aliphatic carbocycles. The zero-order valence-corrected chi connectivity index (χ0v) is 9.47. The molecule has 2 rings (SSSR count). The molecule has 0 aliphatic heterocycles. The van der Waals surface area contributed by atoms with Crippen molar-refractivity contribution in [3.63, 3.8) is 0 Å². The first-order valence-electron chi connectivity index (χ1n) is 6.15. The van der Waals surface area contributed by atoms with Crippen LogP contribution < -0.4 is 5.73 Å². The topological polar surface area (TPSA) is 29.3 Å². The fourth-order valence-corrected chi connectivity index (χ4v) is 2.64. The number of nitrogens with two attached hydrogens (primary N) is 1. The molecular weight excluding hydrogens is 172 g/mol. The quantitative estimate of drug-likeness (QED) is 0.728. The fourth-order valence-electron chi connectivity index (χ4n) is 2.64. The first-order chi connectivity index (χ1) is 6.68. The van der Waals surface area contributed by atoms with E-state index in [1.54, 1.807) is 0 Å². The van der Waals surface area contributed by atoms with Crippen LogP contribution in [-0.2, 0) is 0 Å². The van der Waals surface area contributed by atoms with Gasteiger partial charge < -0.3 is 10.6 Å². The molecule has 82 valence electrons. The molecule has 0 heterocycles. The molecule has 14 heavy (non-hydrogen) atoms. The molecule has 0 aromatic heterocycles. The summed E-state index contributed by atoms with van der Waals surface area (Å²) in [6.45, 7) is 2.36. The minimum atomic E-state index is 0.199. The van der Waals surface area contributed by atoms with Crippen molar-refractivity contribution in [1.29, 1.82) is 0 Å². The Balaban J connectivity index is 1.59. The summed E-state index contributed by atoms with van der Waals surface area (Å²) in [6.07, 6.45) is 9.75. The van der Waals surface area contributed by atoms with E-state index in [9.17, 15) is 0 Å². The Morgan fingerprint density at radius 3 is 2.50 bits per heavy atom. The lowest BCUT2D eigenvalue weighted by Crippen LogP contribution is -2.37. The van der Waals surface area contributed by atoms with E-state index in [2.05, 4.69) is 11.9 Å². The second-order valence-corrected chi connectivity index (χ2v) is 5.54. The standard InChI is InChI=1S/C12H24N2/c1-14(10-12(13)7-8-12)9-6-11-4-2-3-5-11/h11H,2-10,13H2,1H3. The molecule has 2 fully saturated rings. The molecule has 0 radical (unpaired) electrons. The van der Waals surface area contributed by atoms with Crippen LogP contribution in [0.15, 0.2) is 0 Å². The zero-order valence-electron chi connectivity index (χ0n) is 9.47. The summed E-state index contributed by atoms with van der Waals surface area (Å²) in [5, 5.41) is 0. The second-order valence-electron chi connectivity index (χ2n) is 5.54. The molecule has 2 nitrogen and oxygen atoms in total. The predicted octanol–water partition coefficient (Wildman–Crippen LogP) is 1.99. The van der Waals surface area contributed by atoms with E-state index in [0.29, 0.717) is 0 Å². The van der Waals surface area contributed by atoms with Gasteiger partial charge in [-0.1, -0.05) is 25.7 Å². The number of rotatable bonds is 5. The van der Waals surface area contributed by atoms with Gasteiger partial charge in [-0.05, 0) is 38.8 Å². The average molecular weight is 196 g/mol. The smallest absolute Gasteiger partial charge is 0.0284 e. The molecule has 0 unspecified atom stereocenters. The van der Waals surface area contributed by atoms with E-state index >= 15 is 0 Å². The molecule has 0 atom stereocenters. The molecule has 2 heteroatoms. The Labute approximate surface area is 87.8 Å². The van der Waals surface area contributed by atoms with Crippen molar-refractivity contribution in [3.8, 4) is 0 Å². The van der Waals surface area contributed by atoms with Gasteiger partial charge in [-0.2, -0.15) is 0 Å². The minimum Gasteiger partial charge on any atom is -0.324 e. The number of nitrogens with zero attached hydrogens (tertiary/aromatic N) is 1. The minimum absolute atomic E-state index is 0.199. The molecule has 0 aromatic rings. The highest BCUT2D eigenvalue weighted by Crippen LogP contribution is 2.33. The summed E-state index contributed by atoms with van der Waals surface area (Å²) in [5.41, 5.74) is 6.29. The van der Waals surface area contributed by atoms with Gasteiger partial charge >= 0.3 is 0 Å². The van der Waals surface area contributed by atoms with Gasteiger partial charge in [0.25, 0.3) is 0 Å². The van der Waals surface area contributed by atoms with Crippen LogP contribution in [0.4, 0.5) is 0 Å². The molecule has 2 aliphatic rings. The van der Waals surface area contributed by atoms with Gasteiger partial charge in [-0.3, -0.25) is 0 Å². The largest absolute Gasteiger partial charge is 0.324 e. The summed E-state index contributed by atoms with van der Waals surface area (Å²) in [4.78, 5) is 2.44. The molecule has 0 bridgehead atoms. The third kappa shape index (κ3) is 2.96. The lowest BCUT2D eigenvalue weighted by Gasteiger charge is -2.22. The summed E-state index contributed by atoms with van der Waals surface area (Å²) in [5.74, 6) is 1.02. The number of hydrogen-bond donors (Lipinski definition) is 1. The summed E-state index contributed by atoms with van der Waals surface area (Å²) < 4.78 is 0. The third-order valence-electron chi connectivity index (χ3n) is 3.87. The lowest BCUT2D eigenvalue weighted by molar-refractivity contribution is 0.277. The van der Waals surface area contributed by atoms with Crippen LogP contribution in [0.25, 0.3) is 0 Å². The molecule has 0 spiro atoms. The van der Waals surface area contributed by atoms with Crippen LogP contribution in [0, 0.1) is 5.92 Å². The highest BCUT2D eigenvalue weighted by molar-refractivity contribution is 5.00. The van der Waals surface area contributed by atoms with Crippen LogP contribution in [0.3, 0.4) is 0 Å². The van der Waals surface area contributed by atoms with Crippen molar-refractivity contribution in [1.82, 2.24) is 4.90 Å². The van der Waals surface area contributed by atoms with Crippen molar-refractivity contribution in [2.75, 3.05) is 20.1 Å². The monoisotopic (exact) mass is 196 g/mol. The van der Waals surface area contributed by atoms with Gasteiger partial charge in [-0.25, -0.2) is 0 Å². The fraction of sp³-hybridized carbons (Fsp3) is 1.00. The van der Waals surface area contributed by atoms with Gasteiger partial charge in [0.15, 0.2) is 0 Å². The Morgan fingerprint density at radius 1 is 1.29 bits per heavy atom. The Hall–Kier alpha value is -0.0800. The normalized spacial score (nSPS) is 25.9. The van der Waals surface area contributed by atoms with Gasteiger partial charge in [0.05, 0.1) is 0 Å². The van der Waals surface area contributed by atoms with Crippen LogP contribution in [-0.4, -0.2) is 30.6 Å². The molecule has 0 saturated heterocycles. The summed E-state index contributed by atoms with van der Waals surface area (Å²) in [6, 6.07) is 0. The summed E-state index contributed by atoms with van der Waals surface area (Å²) in [7, 11) is 2.22. The van der Waals surface area contributed by atoms with Crippen LogP contribution in [0.1, 0.15) is 44.9 Å². The molecular formula is C12H24N2. The van der Waals surface area contributed by atoms with Crippen LogP contribution >= 0.6 is 0 Å². The highest BCUT2D eigenvalue weighted by atomic mass is 15.1. The summed E-state index contributed by atoms with van der Waals surface area (Å²) >= 11 is 0. The lowest BCUT2D eigenvalue weighted by atomic mass is 10.0. The second kappa shape index (κ2) is 4.19. The SMILES string of the molecule is CN(CCC1CCCC1)CC1(N)CC1. The van der Waals surface area contributed by atoms with Crippen molar-refractivity contribution < 1.29 is 0 Å². The first kappa shape index (κ1) is 10.4. The zero-order chi connectivity index (χ0) is 10.0. The maximum absolute atomic E-state index is 6.09. The van der Waals surface area contributed by atoms with Crippen LogP contribution in [0.5, 0.6) is 0 Å². The first-order valence-corrected chi connectivity index (χ1v) is 6.15. The predicted molar refractivity (Wildman–Crippen MR) is 60.2 cm³/mol. The van der Waals surface area contributed by atoms with Gasteiger partial charge in [0, 0.05) is 12.1 Å². The van der Waals surface area contributed by atoms with Gasteiger partial charge in [-0.15, -0.1) is 0 Å². The van der Waals surface area contributed by atoms with E-state index in [0.717, 1.165) is 12.5 Å². The van der Waals surface area contributed by atoms with Crippen molar-refractivity contribution in [2.45, 2.75) is 50.5 Å². The maximum Gasteiger partial charge on any atom is 0.0284 e. The van der Waals surface area contributed by atoms with E-state index in [4.69, 9.17) is 5.73 Å². The highest BCUT2D eigenvalue weighted by Gasteiger charge is 2.38. The Bertz CT molecular complexity index is 181. The average Bonchev–Trinajstić information content (AvgIpc) is 2.70. The molecule has 2 saturated carbocycles. The molecule has 0 amide bonds. The van der Waals surface area contributed by atoms with E-state index in [-0.39, 0.29) is 5.54 Å². The van der Waals surface area contributed by atoms with E-state index in [1.807, 2.05) is 0 Å². The molecule has 2 N–H and O–H groups in total. The van der Waals surface area contributed by atoms with E-state index < -0.39 is 0 Å². The van der Waals surface area contributed by atoms with Crippen molar-refractivity contribution >= 4 is 0 Å².